The summed E-state index contributed by atoms with van der Waals surface area (Å²) < 4.78 is 12.2. The molecule has 2 N–H and O–H groups in total. The number of hydrogen-bond acceptors (Lipinski definition) is 7. The Morgan fingerprint density at radius 2 is 2.17 bits per heavy atom. The van der Waals surface area contributed by atoms with Gasteiger partial charge in [0, 0.05) is 30.3 Å². The number of fused-ring (bicyclic) bond motifs is 2. The highest BCUT2D eigenvalue weighted by Gasteiger charge is 2.71. The van der Waals surface area contributed by atoms with Crippen molar-refractivity contribution in [2.24, 2.45) is 11.8 Å². The predicted molar refractivity (Wildman–Crippen MR) is 107 cm³/mol. The Balaban J connectivity index is 1.71. The molecule has 5 aliphatic rings. The van der Waals surface area contributed by atoms with Gasteiger partial charge in [-0.2, -0.15) is 5.06 Å². The molecule has 3 saturated heterocycles. The number of anilines is 1. The molecule has 30 heavy (non-hydrogen) atoms. The van der Waals surface area contributed by atoms with E-state index in [9.17, 15) is 14.7 Å². The molecule has 0 aromatic heterocycles. The monoisotopic (exact) mass is 416 g/mol. The van der Waals surface area contributed by atoms with E-state index in [1.54, 1.807) is 0 Å². The van der Waals surface area contributed by atoms with Crippen molar-refractivity contribution in [2.75, 3.05) is 25.4 Å². The quantitative estimate of drug-likeness (QED) is 0.704. The lowest BCUT2D eigenvalue weighted by molar-refractivity contribution is -0.192. The van der Waals surface area contributed by atoms with E-state index >= 15 is 0 Å². The number of ether oxygens (including phenoxy) is 2. The fourth-order valence-corrected chi connectivity index (χ4v) is 6.61. The molecular formula is C22H28N2O6. The standard InChI is InChI=1S/C22H28N2O6/c1-4-21(11-25)17-13-10-29-19(18(17)30-12(2)26)22(9-15(13)23-21)14-7-5-6-8-16(14)24(28-3)20(22)27/h5-8,13,15,17-19,23,25H,4,9-11H2,1-3H3/t13-,15+,17+,18+,19-,21+,22-/m1/s1. The molecule has 4 aliphatic heterocycles. The lowest BCUT2D eigenvalue weighted by Gasteiger charge is -2.48. The van der Waals surface area contributed by atoms with Gasteiger partial charge in [-0.1, -0.05) is 25.1 Å². The van der Waals surface area contributed by atoms with Gasteiger partial charge in [0.1, 0.15) is 17.6 Å². The van der Waals surface area contributed by atoms with E-state index in [1.807, 2.05) is 31.2 Å². The highest BCUT2D eigenvalue weighted by atomic mass is 16.7. The zero-order valence-corrected chi connectivity index (χ0v) is 17.5. The Labute approximate surface area is 175 Å². The van der Waals surface area contributed by atoms with E-state index in [0.717, 1.165) is 5.56 Å². The van der Waals surface area contributed by atoms with Crippen molar-refractivity contribution in [3.05, 3.63) is 29.8 Å². The fourth-order valence-electron chi connectivity index (χ4n) is 6.61. The van der Waals surface area contributed by atoms with Crippen molar-refractivity contribution < 1.29 is 29.0 Å². The van der Waals surface area contributed by atoms with E-state index in [4.69, 9.17) is 14.3 Å². The largest absolute Gasteiger partial charge is 0.459 e. The van der Waals surface area contributed by atoms with E-state index in [-0.39, 0.29) is 30.4 Å². The van der Waals surface area contributed by atoms with Crippen molar-refractivity contribution in [1.29, 1.82) is 0 Å². The molecule has 0 unspecified atom stereocenters. The number of aliphatic hydroxyl groups is 1. The second-order valence-corrected chi connectivity index (χ2v) is 8.91. The Kier molecular flexibility index (Phi) is 4.49. The number of nitrogens with zero attached hydrogens (tertiary/aromatic N) is 1. The summed E-state index contributed by atoms with van der Waals surface area (Å²) in [5.41, 5.74) is -0.0647. The van der Waals surface area contributed by atoms with Crippen molar-refractivity contribution >= 4 is 17.6 Å². The highest BCUT2D eigenvalue weighted by Crippen LogP contribution is 2.59. The number of nitrogens with one attached hydrogen (secondary N) is 1. The number of hydroxylamine groups is 1. The van der Waals surface area contributed by atoms with Crippen molar-refractivity contribution in [3.63, 3.8) is 0 Å². The maximum absolute atomic E-state index is 13.8. The molecule has 4 heterocycles. The summed E-state index contributed by atoms with van der Waals surface area (Å²) in [6, 6.07) is 7.52. The summed E-state index contributed by atoms with van der Waals surface area (Å²) in [6.07, 6.45) is -0.121. The molecule has 1 spiro atoms. The van der Waals surface area contributed by atoms with Crippen molar-refractivity contribution in [1.82, 2.24) is 5.32 Å². The van der Waals surface area contributed by atoms with Crippen LogP contribution in [0.4, 0.5) is 5.69 Å². The third-order valence-corrected chi connectivity index (χ3v) is 7.80. The van der Waals surface area contributed by atoms with Crippen molar-refractivity contribution in [2.45, 2.75) is 55.9 Å². The number of benzene rings is 1. The van der Waals surface area contributed by atoms with E-state index in [0.29, 0.717) is 25.1 Å². The number of hydrogen-bond donors (Lipinski definition) is 2. The first kappa shape index (κ1) is 19.9. The fraction of sp³-hybridized carbons (Fsp3) is 0.636. The number of carbonyl (C=O) groups excluding carboxylic acids is 2. The molecule has 8 nitrogen and oxygen atoms in total. The van der Waals surface area contributed by atoms with Crippen LogP contribution in [0, 0.1) is 11.8 Å². The molecule has 1 saturated carbocycles. The summed E-state index contributed by atoms with van der Waals surface area (Å²) in [4.78, 5) is 31.4. The third-order valence-electron chi connectivity index (χ3n) is 7.80. The summed E-state index contributed by atoms with van der Waals surface area (Å²) in [5, 5.41) is 15.3. The Morgan fingerprint density at radius 1 is 1.40 bits per heavy atom. The minimum Gasteiger partial charge on any atom is -0.459 e. The van der Waals surface area contributed by atoms with Crippen LogP contribution in [-0.4, -0.2) is 61.1 Å². The number of aliphatic hydroxyl groups excluding tert-OH is 1. The van der Waals surface area contributed by atoms with Gasteiger partial charge >= 0.3 is 5.97 Å². The minimum atomic E-state index is -1.02. The Bertz CT molecular complexity index is 886. The van der Waals surface area contributed by atoms with Gasteiger partial charge in [0.15, 0.2) is 0 Å². The molecule has 1 aromatic rings. The lowest BCUT2D eigenvalue weighted by Crippen LogP contribution is -2.65. The van der Waals surface area contributed by atoms with Crippen LogP contribution in [-0.2, 0) is 29.3 Å². The molecule has 4 fully saturated rings. The predicted octanol–water partition coefficient (Wildman–Crippen LogP) is 0.912. The van der Waals surface area contributed by atoms with E-state index < -0.39 is 29.1 Å². The zero-order chi connectivity index (χ0) is 21.3. The van der Waals surface area contributed by atoms with Gasteiger partial charge in [0.25, 0.3) is 5.91 Å². The first-order chi connectivity index (χ1) is 14.4. The molecule has 8 heteroatoms. The minimum absolute atomic E-state index is 0.0358. The summed E-state index contributed by atoms with van der Waals surface area (Å²) in [5.74, 6) is -0.723. The zero-order valence-electron chi connectivity index (χ0n) is 17.5. The van der Waals surface area contributed by atoms with Crippen LogP contribution in [0.3, 0.4) is 0 Å². The molecule has 7 atom stereocenters. The Morgan fingerprint density at radius 3 is 2.83 bits per heavy atom. The number of para-hydroxylation sites is 1. The van der Waals surface area contributed by atoms with Gasteiger partial charge < -0.3 is 19.9 Å². The van der Waals surface area contributed by atoms with E-state index in [1.165, 1.54) is 19.1 Å². The highest BCUT2D eigenvalue weighted by molar-refractivity contribution is 6.07. The molecule has 4 bridgehead atoms. The van der Waals surface area contributed by atoms with Gasteiger partial charge in [0.05, 0.1) is 26.0 Å². The van der Waals surface area contributed by atoms with Crippen LogP contribution in [0.2, 0.25) is 0 Å². The lowest BCUT2D eigenvalue weighted by atomic mass is 9.67. The smallest absolute Gasteiger partial charge is 0.303 e. The van der Waals surface area contributed by atoms with Gasteiger partial charge in [-0.25, -0.2) is 0 Å². The molecule has 6 rings (SSSR count). The van der Waals surface area contributed by atoms with Crippen LogP contribution in [0.1, 0.15) is 32.3 Å². The topological polar surface area (TPSA) is 97.3 Å². The summed E-state index contributed by atoms with van der Waals surface area (Å²) in [7, 11) is 1.48. The van der Waals surface area contributed by atoms with E-state index in [2.05, 4.69) is 5.32 Å². The summed E-state index contributed by atoms with van der Waals surface area (Å²) in [6.45, 7) is 3.80. The number of esters is 1. The molecular weight excluding hydrogens is 388 g/mol. The maximum atomic E-state index is 13.8. The normalized spacial score (nSPS) is 41.3. The average molecular weight is 416 g/mol. The number of rotatable bonds is 4. The second kappa shape index (κ2) is 6.75. The molecule has 1 aromatic carbocycles. The molecule has 162 valence electrons. The number of carbonyl (C=O) groups is 2. The molecule has 0 radical (unpaired) electrons. The SMILES string of the molecule is CC[C@@]1(CO)N[C@H]2C[C@]3(C(=O)N(OC)c4ccccc43)[C@@H]3OC[C@H]2[C@H]1[C@@H]3OC(C)=O. The first-order valence-electron chi connectivity index (χ1n) is 10.6. The van der Waals surface area contributed by atoms with Gasteiger partial charge in [0.2, 0.25) is 0 Å². The van der Waals surface area contributed by atoms with Crippen LogP contribution >= 0.6 is 0 Å². The summed E-state index contributed by atoms with van der Waals surface area (Å²) >= 11 is 0. The van der Waals surface area contributed by atoms with Gasteiger partial charge in [-0.15, -0.1) is 0 Å². The average Bonchev–Trinajstić information content (AvgIpc) is 3.07. The van der Waals surface area contributed by atoms with Crippen molar-refractivity contribution in [3.8, 4) is 0 Å². The first-order valence-corrected chi connectivity index (χ1v) is 10.6. The van der Waals surface area contributed by atoms with Crippen LogP contribution in [0.15, 0.2) is 24.3 Å². The number of amides is 1. The van der Waals surface area contributed by atoms with Crippen LogP contribution in [0.5, 0.6) is 0 Å². The molecule has 1 aliphatic carbocycles. The van der Waals surface area contributed by atoms with Crippen LogP contribution in [0.25, 0.3) is 0 Å². The second-order valence-electron chi connectivity index (χ2n) is 8.91. The van der Waals surface area contributed by atoms with Gasteiger partial charge in [-0.05, 0) is 24.5 Å². The van der Waals surface area contributed by atoms with Crippen LogP contribution < -0.4 is 10.4 Å². The third kappa shape index (κ3) is 2.30. The van der Waals surface area contributed by atoms with Gasteiger partial charge in [-0.3, -0.25) is 14.4 Å². The maximum Gasteiger partial charge on any atom is 0.303 e. The molecule has 1 amide bonds. The Hall–Kier alpha value is -2.00.